The number of nitrogens with zero attached hydrogens (tertiary/aromatic N) is 3. The molecule has 7 nitrogen and oxygen atoms in total. The molecule has 2 aliphatic rings. The van der Waals surface area contributed by atoms with Crippen molar-refractivity contribution < 1.29 is 14.3 Å². The Bertz CT molecular complexity index is 1290. The van der Waals surface area contributed by atoms with Crippen LogP contribution in [-0.2, 0) is 0 Å². The van der Waals surface area contributed by atoms with Gasteiger partial charge in [-0.25, -0.2) is 14.8 Å². The van der Waals surface area contributed by atoms with E-state index in [1.54, 1.807) is 23.5 Å². The number of benzene rings is 1. The molecule has 1 aromatic carbocycles. The average Bonchev–Trinajstić information content (AvgIpc) is 3.49. The Balaban J connectivity index is 1.36. The van der Waals surface area contributed by atoms with Gasteiger partial charge in [-0.15, -0.1) is 11.3 Å². The minimum Gasteiger partial charge on any atom is -0.391 e. The van der Waals surface area contributed by atoms with E-state index in [0.717, 1.165) is 39.5 Å². The highest BCUT2D eigenvalue weighted by Gasteiger charge is 2.48. The van der Waals surface area contributed by atoms with Gasteiger partial charge in [-0.1, -0.05) is 42.8 Å². The predicted octanol–water partition coefficient (Wildman–Crippen LogP) is 5.41. The van der Waals surface area contributed by atoms with Crippen molar-refractivity contribution in [2.75, 3.05) is 13.1 Å². The maximum Gasteiger partial charge on any atom is 0.414 e. The van der Waals surface area contributed by atoms with E-state index in [9.17, 15) is 9.59 Å². The van der Waals surface area contributed by atoms with Gasteiger partial charge in [0.05, 0.1) is 15.9 Å². The number of hydrogen-bond acceptors (Lipinski definition) is 6. The highest BCUT2D eigenvalue weighted by Crippen LogP contribution is 2.45. The number of thiazole rings is 1. The summed E-state index contributed by atoms with van der Waals surface area (Å²) in [4.78, 5) is 38.3. The first-order chi connectivity index (χ1) is 17.3. The van der Waals surface area contributed by atoms with Crippen LogP contribution >= 0.6 is 11.3 Å². The van der Waals surface area contributed by atoms with Gasteiger partial charge in [-0.2, -0.15) is 0 Å². The van der Waals surface area contributed by atoms with Crippen LogP contribution in [0.25, 0.3) is 10.4 Å². The molecule has 1 saturated heterocycles. The third kappa shape index (κ3) is 5.00. The molecule has 0 spiro atoms. The summed E-state index contributed by atoms with van der Waals surface area (Å²) < 4.78 is 5.38. The topological polar surface area (TPSA) is 84.4 Å². The summed E-state index contributed by atoms with van der Waals surface area (Å²) in [5, 5.41) is 3.77. The molecule has 36 heavy (non-hydrogen) atoms. The molecule has 2 amide bonds. The van der Waals surface area contributed by atoms with Crippen LogP contribution in [0.4, 0.5) is 4.79 Å². The Morgan fingerprint density at radius 1 is 1.11 bits per heavy atom. The lowest BCUT2D eigenvalue weighted by Crippen LogP contribution is -2.46. The van der Waals surface area contributed by atoms with Gasteiger partial charge >= 0.3 is 6.09 Å². The average molecular weight is 505 g/mol. The van der Waals surface area contributed by atoms with Crippen LogP contribution in [0.1, 0.15) is 46.5 Å². The van der Waals surface area contributed by atoms with Crippen molar-refractivity contribution in [3.63, 3.8) is 0 Å². The van der Waals surface area contributed by atoms with Crippen LogP contribution in [0.5, 0.6) is 5.88 Å². The molecule has 5 rings (SSSR count). The minimum atomic E-state index is -0.556. The number of likely N-dealkylation sites (tertiary alicyclic amines) is 1. The maximum atomic E-state index is 14.0. The standard InChI is InChI=1S/C28H32N4O3S/c1-16-7-5-9-20(11-16)26-25(31-19(4)36-26)27(33)32-15-21-12-17(2)13-22(21)23(32)14-29-28(34)35-24-10-6-8-18(3)30-24/h5-11,17,21-23H,12-15H2,1-4H3,(H,29,34)/t17?,21-,22-,23+/m0/s1. The van der Waals surface area contributed by atoms with Crippen molar-refractivity contribution >= 4 is 23.3 Å². The molecule has 1 aliphatic carbocycles. The van der Waals surface area contributed by atoms with Gasteiger partial charge in [0.25, 0.3) is 5.91 Å². The Morgan fingerprint density at radius 3 is 2.69 bits per heavy atom. The first kappa shape index (κ1) is 24.4. The minimum absolute atomic E-state index is 0.0570. The van der Waals surface area contributed by atoms with Crippen LogP contribution in [0.3, 0.4) is 0 Å². The molecule has 4 atom stereocenters. The largest absolute Gasteiger partial charge is 0.414 e. The lowest BCUT2D eigenvalue weighted by atomic mass is 9.93. The zero-order chi connectivity index (χ0) is 25.4. The van der Waals surface area contributed by atoms with E-state index in [0.29, 0.717) is 36.5 Å². The van der Waals surface area contributed by atoms with Crippen LogP contribution in [-0.4, -0.2) is 46.0 Å². The summed E-state index contributed by atoms with van der Waals surface area (Å²) in [6.45, 7) is 9.14. The number of nitrogens with one attached hydrogen (secondary N) is 1. The third-order valence-corrected chi connectivity index (χ3v) is 8.32. The number of carbonyl (C=O) groups excluding carboxylic acids is 2. The molecule has 2 aromatic heterocycles. The van der Waals surface area contributed by atoms with Crippen molar-refractivity contribution in [3.05, 3.63) is 64.4 Å². The molecule has 2 fully saturated rings. The monoisotopic (exact) mass is 504 g/mol. The molecule has 0 radical (unpaired) electrons. The summed E-state index contributed by atoms with van der Waals surface area (Å²) in [6.07, 6.45) is 1.60. The number of hydrogen-bond donors (Lipinski definition) is 1. The molecule has 3 aromatic rings. The fourth-order valence-corrected chi connectivity index (χ4v) is 6.73. The molecule has 188 valence electrons. The summed E-state index contributed by atoms with van der Waals surface area (Å²) in [7, 11) is 0. The number of carbonyl (C=O) groups is 2. The van der Waals surface area contributed by atoms with E-state index in [1.807, 2.05) is 36.9 Å². The van der Waals surface area contributed by atoms with Crippen molar-refractivity contribution in [1.29, 1.82) is 0 Å². The number of amides is 2. The molecule has 1 N–H and O–H groups in total. The second kappa shape index (κ2) is 10.0. The quantitative estimate of drug-likeness (QED) is 0.503. The number of aryl methyl sites for hydroxylation is 3. The lowest BCUT2D eigenvalue weighted by molar-refractivity contribution is 0.0702. The highest BCUT2D eigenvalue weighted by atomic mass is 32.1. The number of rotatable bonds is 5. The van der Waals surface area contributed by atoms with Gasteiger partial charge in [0, 0.05) is 24.8 Å². The Morgan fingerprint density at radius 2 is 1.92 bits per heavy atom. The Labute approximate surface area is 215 Å². The molecule has 8 heteroatoms. The van der Waals surface area contributed by atoms with E-state index in [1.165, 1.54) is 0 Å². The summed E-state index contributed by atoms with van der Waals surface area (Å²) in [5.74, 6) is 1.61. The van der Waals surface area contributed by atoms with Crippen LogP contribution in [0, 0.1) is 38.5 Å². The van der Waals surface area contributed by atoms with Crippen LogP contribution in [0.2, 0.25) is 0 Å². The lowest BCUT2D eigenvalue weighted by Gasteiger charge is -2.28. The normalized spacial score (nSPS) is 22.9. The summed E-state index contributed by atoms with van der Waals surface area (Å²) in [6, 6.07) is 13.4. The molecular formula is C28H32N4O3S. The second-order valence-electron chi connectivity index (χ2n) is 10.2. The fraction of sp³-hybridized carbons (Fsp3) is 0.429. The van der Waals surface area contributed by atoms with Gasteiger partial charge < -0.3 is 15.0 Å². The summed E-state index contributed by atoms with van der Waals surface area (Å²) >= 11 is 1.55. The first-order valence-electron chi connectivity index (χ1n) is 12.5. The predicted molar refractivity (Wildman–Crippen MR) is 140 cm³/mol. The number of fused-ring (bicyclic) bond motifs is 1. The van der Waals surface area contributed by atoms with Crippen molar-refractivity contribution in [2.45, 2.75) is 46.6 Å². The van der Waals surface area contributed by atoms with Crippen LogP contribution in [0.15, 0.2) is 42.5 Å². The van der Waals surface area contributed by atoms with E-state index in [4.69, 9.17) is 4.74 Å². The van der Waals surface area contributed by atoms with Crippen molar-refractivity contribution in [2.24, 2.45) is 17.8 Å². The van der Waals surface area contributed by atoms with Crippen molar-refractivity contribution in [1.82, 2.24) is 20.2 Å². The molecular weight excluding hydrogens is 472 g/mol. The highest BCUT2D eigenvalue weighted by molar-refractivity contribution is 7.15. The SMILES string of the molecule is Cc1cccc(-c2sc(C)nc2C(=O)N2C[C@@H]3CC(C)C[C@@H]3[C@H]2CNC(=O)Oc2cccc(C)n2)c1. The van der Waals surface area contributed by atoms with Gasteiger partial charge in [0.1, 0.15) is 5.69 Å². The van der Waals surface area contributed by atoms with Gasteiger partial charge in [0.2, 0.25) is 5.88 Å². The zero-order valence-corrected chi connectivity index (χ0v) is 22.0. The third-order valence-electron chi connectivity index (χ3n) is 7.30. The molecule has 1 saturated carbocycles. The van der Waals surface area contributed by atoms with E-state index in [2.05, 4.69) is 41.3 Å². The number of aromatic nitrogens is 2. The fourth-order valence-electron chi connectivity index (χ4n) is 5.82. The smallest absolute Gasteiger partial charge is 0.391 e. The van der Waals surface area contributed by atoms with E-state index < -0.39 is 6.09 Å². The maximum absolute atomic E-state index is 14.0. The van der Waals surface area contributed by atoms with Gasteiger partial charge in [-0.3, -0.25) is 4.79 Å². The Kier molecular flexibility index (Phi) is 6.79. The van der Waals surface area contributed by atoms with E-state index in [-0.39, 0.29) is 17.8 Å². The number of ether oxygens (including phenoxy) is 1. The van der Waals surface area contributed by atoms with Gasteiger partial charge in [-0.05, 0) is 63.0 Å². The zero-order valence-electron chi connectivity index (χ0n) is 21.2. The van der Waals surface area contributed by atoms with Crippen LogP contribution < -0.4 is 10.1 Å². The molecule has 1 unspecified atom stereocenters. The second-order valence-corrected chi connectivity index (χ2v) is 11.4. The number of pyridine rings is 1. The Hall–Kier alpha value is -3.26. The van der Waals surface area contributed by atoms with Crippen molar-refractivity contribution in [3.8, 4) is 16.3 Å². The van der Waals surface area contributed by atoms with E-state index >= 15 is 0 Å². The first-order valence-corrected chi connectivity index (χ1v) is 13.3. The molecule has 3 heterocycles. The molecule has 0 bridgehead atoms. The summed E-state index contributed by atoms with van der Waals surface area (Å²) in [5.41, 5.74) is 3.44. The molecule has 1 aliphatic heterocycles. The van der Waals surface area contributed by atoms with Gasteiger partial charge in [0.15, 0.2) is 0 Å².